The molecule has 0 fully saturated rings. The molecule has 0 bridgehead atoms. The van der Waals surface area contributed by atoms with Gasteiger partial charge in [-0.1, -0.05) is 26.2 Å². The Balaban J connectivity index is 4.11. The van der Waals surface area contributed by atoms with Gasteiger partial charge in [0.1, 0.15) is 11.6 Å². The number of aliphatic hydroxyl groups is 1. The van der Waals surface area contributed by atoms with Crippen LogP contribution in [0.3, 0.4) is 0 Å². The van der Waals surface area contributed by atoms with E-state index in [0.717, 1.165) is 25.7 Å². The van der Waals surface area contributed by atoms with Crippen LogP contribution in [-0.4, -0.2) is 35.2 Å². The molecular formula is C14H27NO4. The second-order valence-corrected chi connectivity index (χ2v) is 5.66. The van der Waals surface area contributed by atoms with Crippen molar-refractivity contribution in [3.63, 3.8) is 0 Å². The van der Waals surface area contributed by atoms with Crippen LogP contribution in [0, 0.1) is 0 Å². The fourth-order valence-corrected chi connectivity index (χ4v) is 1.58. The zero-order valence-corrected chi connectivity index (χ0v) is 12.5. The molecule has 0 saturated carbocycles. The molecule has 0 rings (SSSR count). The van der Waals surface area contributed by atoms with Gasteiger partial charge in [0.25, 0.3) is 0 Å². The van der Waals surface area contributed by atoms with E-state index in [1.807, 2.05) is 0 Å². The maximum absolute atomic E-state index is 11.8. The number of unbranched alkanes of at least 4 members (excludes halogenated alkanes) is 3. The van der Waals surface area contributed by atoms with E-state index in [0.29, 0.717) is 6.42 Å². The van der Waals surface area contributed by atoms with Crippen molar-refractivity contribution in [1.29, 1.82) is 0 Å². The summed E-state index contributed by atoms with van der Waals surface area (Å²) < 4.78 is 5.05. The molecule has 0 aromatic carbocycles. The maximum Gasteiger partial charge on any atom is 0.408 e. The van der Waals surface area contributed by atoms with Crippen LogP contribution in [-0.2, 0) is 9.53 Å². The molecule has 1 atom stereocenters. The number of rotatable bonds is 8. The molecule has 0 heterocycles. The number of aliphatic hydroxyl groups excluding tert-OH is 1. The fourth-order valence-electron chi connectivity index (χ4n) is 1.58. The number of hydrogen-bond acceptors (Lipinski definition) is 4. The standard InChI is InChI=1S/C14H27NO4/c1-5-6-7-8-9-12(17)11(10-16)15-13(18)19-14(2,3)4/h11,16H,5-10H2,1-4H3,(H,15,18)/t11-/m0/s1. The summed E-state index contributed by atoms with van der Waals surface area (Å²) in [5.74, 6) is -0.149. The lowest BCUT2D eigenvalue weighted by atomic mass is 10.1. The highest BCUT2D eigenvalue weighted by Crippen LogP contribution is 2.08. The molecule has 0 aromatic heterocycles. The molecule has 0 radical (unpaired) electrons. The first-order valence-electron chi connectivity index (χ1n) is 6.93. The van der Waals surface area contributed by atoms with Gasteiger partial charge in [-0.2, -0.15) is 0 Å². The van der Waals surface area contributed by atoms with Gasteiger partial charge >= 0.3 is 6.09 Å². The summed E-state index contributed by atoms with van der Waals surface area (Å²) in [6.07, 6.45) is 3.69. The van der Waals surface area contributed by atoms with E-state index >= 15 is 0 Å². The third-order valence-corrected chi connectivity index (χ3v) is 2.54. The Kier molecular flexibility index (Phi) is 8.39. The number of alkyl carbamates (subject to hydrolysis) is 1. The highest BCUT2D eigenvalue weighted by molar-refractivity contribution is 5.87. The van der Waals surface area contributed by atoms with Gasteiger partial charge in [-0.25, -0.2) is 4.79 Å². The van der Waals surface area contributed by atoms with Gasteiger partial charge in [-0.15, -0.1) is 0 Å². The molecule has 5 nitrogen and oxygen atoms in total. The molecule has 0 aromatic rings. The molecule has 0 spiro atoms. The lowest BCUT2D eigenvalue weighted by molar-refractivity contribution is -0.122. The zero-order chi connectivity index (χ0) is 14.9. The number of carbonyl (C=O) groups is 2. The van der Waals surface area contributed by atoms with Crippen LogP contribution in [0.1, 0.15) is 59.8 Å². The summed E-state index contributed by atoms with van der Waals surface area (Å²) in [4.78, 5) is 23.3. The third kappa shape index (κ3) is 9.47. The Morgan fingerprint density at radius 2 is 1.84 bits per heavy atom. The van der Waals surface area contributed by atoms with Gasteiger partial charge in [0.15, 0.2) is 5.78 Å². The Morgan fingerprint density at radius 3 is 2.32 bits per heavy atom. The number of nitrogens with one attached hydrogen (secondary N) is 1. The van der Waals surface area contributed by atoms with Crippen molar-refractivity contribution >= 4 is 11.9 Å². The second-order valence-electron chi connectivity index (χ2n) is 5.66. The van der Waals surface area contributed by atoms with Gasteiger partial charge in [-0.05, 0) is 27.2 Å². The topological polar surface area (TPSA) is 75.6 Å². The van der Waals surface area contributed by atoms with Gasteiger partial charge in [0, 0.05) is 6.42 Å². The Labute approximate surface area is 115 Å². The molecule has 112 valence electrons. The van der Waals surface area contributed by atoms with Crippen molar-refractivity contribution in [1.82, 2.24) is 5.32 Å². The highest BCUT2D eigenvalue weighted by atomic mass is 16.6. The number of carbonyl (C=O) groups excluding carboxylic acids is 2. The molecular weight excluding hydrogens is 246 g/mol. The van der Waals surface area contributed by atoms with Crippen LogP contribution in [0.15, 0.2) is 0 Å². The fraction of sp³-hybridized carbons (Fsp3) is 0.857. The van der Waals surface area contributed by atoms with Crippen molar-refractivity contribution in [2.75, 3.05) is 6.61 Å². The monoisotopic (exact) mass is 273 g/mol. The molecule has 0 aliphatic rings. The SMILES string of the molecule is CCCCCCC(=O)[C@H](CO)NC(=O)OC(C)(C)C. The quantitative estimate of drug-likeness (QED) is 0.666. The Morgan fingerprint density at radius 1 is 1.21 bits per heavy atom. The predicted molar refractivity (Wildman–Crippen MR) is 74.0 cm³/mol. The van der Waals surface area contributed by atoms with Crippen molar-refractivity contribution in [2.45, 2.75) is 71.4 Å². The highest BCUT2D eigenvalue weighted by Gasteiger charge is 2.23. The lowest BCUT2D eigenvalue weighted by Crippen LogP contribution is -2.45. The summed E-state index contributed by atoms with van der Waals surface area (Å²) in [5, 5.41) is 11.6. The first-order chi connectivity index (χ1) is 8.80. The van der Waals surface area contributed by atoms with Crippen LogP contribution < -0.4 is 5.32 Å². The number of ketones is 1. The normalized spacial score (nSPS) is 12.9. The van der Waals surface area contributed by atoms with Crippen molar-refractivity contribution < 1.29 is 19.4 Å². The van der Waals surface area contributed by atoms with E-state index < -0.39 is 24.3 Å². The van der Waals surface area contributed by atoms with E-state index in [-0.39, 0.29) is 5.78 Å². The Bertz CT molecular complexity index is 284. The van der Waals surface area contributed by atoms with Crippen LogP contribution in [0.4, 0.5) is 4.79 Å². The molecule has 19 heavy (non-hydrogen) atoms. The van der Waals surface area contributed by atoms with Crippen LogP contribution in [0.2, 0.25) is 0 Å². The van der Waals surface area contributed by atoms with Gasteiger partial charge in [0.2, 0.25) is 0 Å². The lowest BCUT2D eigenvalue weighted by Gasteiger charge is -2.22. The van der Waals surface area contributed by atoms with Gasteiger partial charge in [0.05, 0.1) is 6.61 Å². The third-order valence-electron chi connectivity index (χ3n) is 2.54. The average Bonchev–Trinajstić information content (AvgIpc) is 2.29. The smallest absolute Gasteiger partial charge is 0.408 e. The zero-order valence-electron chi connectivity index (χ0n) is 12.5. The summed E-state index contributed by atoms with van der Waals surface area (Å²) in [5.41, 5.74) is -0.617. The van der Waals surface area contributed by atoms with Crippen LogP contribution >= 0.6 is 0 Å². The van der Waals surface area contributed by atoms with Crippen molar-refractivity contribution in [3.8, 4) is 0 Å². The molecule has 1 amide bonds. The molecule has 0 aliphatic heterocycles. The van der Waals surface area contributed by atoms with Gasteiger partial charge in [-0.3, -0.25) is 4.79 Å². The minimum Gasteiger partial charge on any atom is -0.444 e. The summed E-state index contributed by atoms with van der Waals surface area (Å²) in [7, 11) is 0. The maximum atomic E-state index is 11.8. The predicted octanol–water partition coefficient (Wildman–Crippen LogP) is 2.41. The number of Topliss-reactive ketones (excluding diaryl/α,β-unsaturated/α-hetero) is 1. The van der Waals surface area contributed by atoms with Crippen molar-refractivity contribution in [2.24, 2.45) is 0 Å². The second kappa shape index (κ2) is 8.91. The minimum absolute atomic E-state index is 0.149. The first-order valence-corrected chi connectivity index (χ1v) is 6.93. The molecule has 0 aliphatic carbocycles. The van der Waals surface area contributed by atoms with Crippen LogP contribution in [0.5, 0.6) is 0 Å². The van der Waals surface area contributed by atoms with E-state index in [1.54, 1.807) is 20.8 Å². The largest absolute Gasteiger partial charge is 0.444 e. The number of ether oxygens (including phenoxy) is 1. The van der Waals surface area contributed by atoms with Crippen molar-refractivity contribution in [3.05, 3.63) is 0 Å². The first kappa shape index (κ1) is 17.9. The molecule has 2 N–H and O–H groups in total. The summed E-state index contributed by atoms with van der Waals surface area (Å²) >= 11 is 0. The number of amides is 1. The van der Waals surface area contributed by atoms with E-state index in [2.05, 4.69) is 12.2 Å². The number of hydrogen-bond donors (Lipinski definition) is 2. The molecule has 0 saturated heterocycles. The van der Waals surface area contributed by atoms with E-state index in [1.165, 1.54) is 0 Å². The van der Waals surface area contributed by atoms with Crippen LogP contribution in [0.25, 0.3) is 0 Å². The molecule has 5 heteroatoms. The summed E-state index contributed by atoms with van der Waals surface area (Å²) in [6, 6.07) is -0.864. The van der Waals surface area contributed by atoms with Gasteiger partial charge < -0.3 is 15.2 Å². The molecule has 0 unspecified atom stereocenters. The average molecular weight is 273 g/mol. The van der Waals surface area contributed by atoms with E-state index in [9.17, 15) is 9.59 Å². The van der Waals surface area contributed by atoms with E-state index in [4.69, 9.17) is 9.84 Å². The minimum atomic E-state index is -0.864. The summed E-state index contributed by atoms with van der Waals surface area (Å²) in [6.45, 7) is 6.93. The Hall–Kier alpha value is -1.10.